The molecule has 0 radical (unpaired) electrons. The summed E-state index contributed by atoms with van der Waals surface area (Å²) in [7, 11) is 0. The summed E-state index contributed by atoms with van der Waals surface area (Å²) in [5, 5.41) is 0. The number of carbonyl (C=O) groups is 1. The fraction of sp³-hybridized carbons (Fsp3) is 0.550. The normalized spacial score (nSPS) is 18.3. The number of ether oxygens (including phenoxy) is 2. The lowest BCUT2D eigenvalue weighted by atomic mass is 9.72. The minimum atomic E-state index is -0.574. The molecule has 1 heterocycles. The number of rotatable bonds is 1. The number of benzene rings is 1. The molecule has 0 aromatic heterocycles. The van der Waals surface area contributed by atoms with Gasteiger partial charge in [0.1, 0.15) is 22.5 Å². The Hall–Kier alpha value is -1.95. The highest BCUT2D eigenvalue weighted by atomic mass is 16.6. The standard InChI is InChI=1S/C20H26O3/c1-9-13-10-14(17(21)23-18(2,3)4)16-15(11-13)19(5,6)12-20(7,8)22-16/h1,10-11H,12H2,2-8H3. The van der Waals surface area contributed by atoms with Gasteiger partial charge in [0.05, 0.1) is 0 Å². The van der Waals surface area contributed by atoms with E-state index in [0.29, 0.717) is 16.9 Å². The molecule has 0 spiro atoms. The first-order chi connectivity index (χ1) is 10.3. The van der Waals surface area contributed by atoms with Crippen molar-refractivity contribution < 1.29 is 14.3 Å². The minimum Gasteiger partial charge on any atom is -0.487 e. The zero-order valence-corrected chi connectivity index (χ0v) is 15.2. The third-order valence-corrected chi connectivity index (χ3v) is 3.85. The maximum Gasteiger partial charge on any atom is 0.342 e. The third kappa shape index (κ3) is 3.69. The lowest BCUT2D eigenvalue weighted by molar-refractivity contribution is 0.00485. The molecule has 1 aromatic carbocycles. The Morgan fingerprint density at radius 3 is 2.39 bits per heavy atom. The van der Waals surface area contributed by atoms with Crippen LogP contribution >= 0.6 is 0 Å². The highest BCUT2D eigenvalue weighted by Crippen LogP contribution is 2.47. The highest BCUT2D eigenvalue weighted by Gasteiger charge is 2.41. The predicted octanol–water partition coefficient (Wildman–Crippen LogP) is 4.46. The summed E-state index contributed by atoms with van der Waals surface area (Å²) in [6.07, 6.45) is 6.42. The van der Waals surface area contributed by atoms with Gasteiger partial charge in [-0.15, -0.1) is 6.42 Å². The Morgan fingerprint density at radius 1 is 1.26 bits per heavy atom. The predicted molar refractivity (Wildman–Crippen MR) is 91.9 cm³/mol. The number of esters is 1. The van der Waals surface area contributed by atoms with E-state index in [4.69, 9.17) is 15.9 Å². The molecule has 1 aliphatic rings. The summed E-state index contributed by atoms with van der Waals surface area (Å²) in [6, 6.07) is 3.63. The van der Waals surface area contributed by atoms with Crippen molar-refractivity contribution in [2.45, 2.75) is 71.5 Å². The zero-order chi connectivity index (χ0) is 17.6. The maximum absolute atomic E-state index is 12.7. The molecule has 1 aromatic rings. The van der Waals surface area contributed by atoms with E-state index in [1.807, 2.05) is 40.7 Å². The summed E-state index contributed by atoms with van der Waals surface area (Å²) in [6.45, 7) is 13.9. The topological polar surface area (TPSA) is 35.5 Å². The van der Waals surface area contributed by atoms with Gasteiger partial charge in [-0.25, -0.2) is 4.79 Å². The molecule has 0 saturated carbocycles. The molecule has 23 heavy (non-hydrogen) atoms. The summed E-state index contributed by atoms with van der Waals surface area (Å²) in [5.74, 6) is 2.82. The number of terminal acetylenes is 1. The molecule has 0 N–H and O–H groups in total. The number of carbonyl (C=O) groups excluding carboxylic acids is 1. The van der Waals surface area contributed by atoms with Crippen LogP contribution in [0.1, 0.15) is 76.4 Å². The van der Waals surface area contributed by atoms with Gasteiger partial charge >= 0.3 is 5.97 Å². The molecule has 0 fully saturated rings. The largest absolute Gasteiger partial charge is 0.487 e. The van der Waals surface area contributed by atoms with Crippen molar-refractivity contribution in [3.8, 4) is 18.1 Å². The average molecular weight is 314 g/mol. The molecule has 0 atom stereocenters. The minimum absolute atomic E-state index is 0.138. The van der Waals surface area contributed by atoms with Crippen LogP contribution in [0.3, 0.4) is 0 Å². The van der Waals surface area contributed by atoms with Crippen molar-refractivity contribution in [1.82, 2.24) is 0 Å². The van der Waals surface area contributed by atoms with Gasteiger partial charge < -0.3 is 9.47 Å². The van der Waals surface area contributed by atoms with E-state index < -0.39 is 11.6 Å². The maximum atomic E-state index is 12.7. The van der Waals surface area contributed by atoms with Crippen LogP contribution in [-0.2, 0) is 10.2 Å². The summed E-state index contributed by atoms with van der Waals surface area (Å²) in [5.41, 5.74) is 0.974. The van der Waals surface area contributed by atoms with Crippen LogP contribution in [0.4, 0.5) is 0 Å². The Kier molecular flexibility index (Phi) is 4.01. The van der Waals surface area contributed by atoms with Crippen LogP contribution in [0.15, 0.2) is 12.1 Å². The Morgan fingerprint density at radius 2 is 1.87 bits per heavy atom. The lowest BCUT2D eigenvalue weighted by Crippen LogP contribution is -2.42. The number of hydrogen-bond donors (Lipinski definition) is 0. The monoisotopic (exact) mass is 314 g/mol. The Bertz CT molecular complexity index is 682. The van der Waals surface area contributed by atoms with Gasteiger partial charge in [-0.2, -0.15) is 0 Å². The summed E-state index contributed by atoms with van der Waals surface area (Å²) >= 11 is 0. The third-order valence-electron chi connectivity index (χ3n) is 3.85. The van der Waals surface area contributed by atoms with Crippen molar-refractivity contribution in [2.75, 3.05) is 0 Å². The van der Waals surface area contributed by atoms with Crippen molar-refractivity contribution in [3.63, 3.8) is 0 Å². The molecule has 124 valence electrons. The van der Waals surface area contributed by atoms with Gasteiger partial charge in [-0.05, 0) is 58.6 Å². The van der Waals surface area contributed by atoms with Crippen LogP contribution in [0.5, 0.6) is 5.75 Å². The molecule has 3 nitrogen and oxygen atoms in total. The fourth-order valence-electron chi connectivity index (χ4n) is 3.28. The second-order valence-corrected chi connectivity index (χ2v) is 8.47. The molecule has 1 aliphatic heterocycles. The summed E-state index contributed by atoms with van der Waals surface area (Å²) in [4.78, 5) is 12.7. The Labute approximate surface area is 139 Å². The van der Waals surface area contributed by atoms with Gasteiger partial charge in [0.15, 0.2) is 0 Å². The molecule has 3 heteroatoms. The highest BCUT2D eigenvalue weighted by molar-refractivity contribution is 5.94. The molecule has 0 saturated heterocycles. The smallest absolute Gasteiger partial charge is 0.342 e. The van der Waals surface area contributed by atoms with E-state index in [9.17, 15) is 4.79 Å². The molecule has 0 aliphatic carbocycles. The molecular weight excluding hydrogens is 288 g/mol. The first-order valence-electron chi connectivity index (χ1n) is 7.92. The van der Waals surface area contributed by atoms with Gasteiger partial charge in [-0.1, -0.05) is 19.8 Å². The lowest BCUT2D eigenvalue weighted by Gasteiger charge is -2.43. The van der Waals surface area contributed by atoms with Crippen molar-refractivity contribution in [1.29, 1.82) is 0 Å². The molecule has 0 amide bonds. The quantitative estimate of drug-likeness (QED) is 0.567. The van der Waals surface area contributed by atoms with Crippen molar-refractivity contribution in [2.24, 2.45) is 0 Å². The van der Waals surface area contributed by atoms with Crippen molar-refractivity contribution in [3.05, 3.63) is 28.8 Å². The fourth-order valence-corrected chi connectivity index (χ4v) is 3.28. The van der Waals surface area contributed by atoms with Gasteiger partial charge in [-0.3, -0.25) is 0 Å². The van der Waals surface area contributed by atoms with Gasteiger partial charge in [0, 0.05) is 11.1 Å². The van der Waals surface area contributed by atoms with Crippen LogP contribution in [0.25, 0.3) is 0 Å². The molecular formula is C20H26O3. The summed E-state index contributed by atoms with van der Waals surface area (Å²) < 4.78 is 11.7. The van der Waals surface area contributed by atoms with E-state index >= 15 is 0 Å². The second kappa shape index (κ2) is 5.30. The molecule has 2 rings (SSSR count). The van der Waals surface area contributed by atoms with E-state index in [0.717, 1.165) is 12.0 Å². The van der Waals surface area contributed by atoms with E-state index in [1.54, 1.807) is 6.07 Å². The molecule has 0 unspecified atom stereocenters. The first-order valence-corrected chi connectivity index (χ1v) is 7.92. The van der Waals surface area contributed by atoms with E-state index in [-0.39, 0.29) is 11.0 Å². The first kappa shape index (κ1) is 17.4. The Balaban J connectivity index is 2.65. The van der Waals surface area contributed by atoms with E-state index in [1.165, 1.54) is 0 Å². The van der Waals surface area contributed by atoms with Crippen LogP contribution in [0.2, 0.25) is 0 Å². The second-order valence-electron chi connectivity index (χ2n) is 8.47. The van der Waals surface area contributed by atoms with Crippen molar-refractivity contribution >= 4 is 5.97 Å². The van der Waals surface area contributed by atoms with Crippen LogP contribution < -0.4 is 4.74 Å². The average Bonchev–Trinajstić information content (AvgIpc) is 2.33. The SMILES string of the molecule is C#Cc1cc(C(=O)OC(C)(C)C)c2c(c1)C(C)(C)CC(C)(C)O2. The van der Waals surface area contributed by atoms with Crippen LogP contribution in [-0.4, -0.2) is 17.2 Å². The van der Waals surface area contributed by atoms with Gasteiger partial charge in [0.25, 0.3) is 0 Å². The van der Waals surface area contributed by atoms with E-state index in [2.05, 4.69) is 19.8 Å². The molecule has 0 bridgehead atoms. The number of hydrogen-bond acceptors (Lipinski definition) is 3. The van der Waals surface area contributed by atoms with Gasteiger partial charge in [0.2, 0.25) is 0 Å². The van der Waals surface area contributed by atoms with Crippen LogP contribution in [0, 0.1) is 12.3 Å². The number of fused-ring (bicyclic) bond motifs is 1. The zero-order valence-electron chi connectivity index (χ0n) is 15.2.